The number of amides is 2. The summed E-state index contributed by atoms with van der Waals surface area (Å²) in [6.45, 7) is 0. The summed E-state index contributed by atoms with van der Waals surface area (Å²) in [6, 6.07) is 14.0. The van der Waals surface area contributed by atoms with Gasteiger partial charge < -0.3 is 5.73 Å². The van der Waals surface area contributed by atoms with Gasteiger partial charge in [-0.1, -0.05) is 35.9 Å². The average Bonchev–Trinajstić information content (AvgIpc) is 2.67. The van der Waals surface area contributed by atoms with Crippen molar-refractivity contribution < 1.29 is 14.4 Å². The minimum atomic E-state index is -0.607. The van der Waals surface area contributed by atoms with Crippen molar-refractivity contribution in [1.82, 2.24) is 0 Å². The number of carbonyl (C=O) groups is 3. The van der Waals surface area contributed by atoms with Gasteiger partial charge in [-0.05, 0) is 42.7 Å². The topological polar surface area (TPSA) is 80.5 Å². The first kappa shape index (κ1) is 18.4. The van der Waals surface area contributed by atoms with Gasteiger partial charge in [0.15, 0.2) is 5.78 Å². The molecule has 1 aliphatic heterocycles. The van der Waals surface area contributed by atoms with Gasteiger partial charge >= 0.3 is 0 Å². The molecule has 1 atom stereocenters. The third-order valence-electron chi connectivity index (χ3n) is 5.34. The van der Waals surface area contributed by atoms with E-state index >= 15 is 0 Å². The Morgan fingerprint density at radius 1 is 1.07 bits per heavy atom. The van der Waals surface area contributed by atoms with E-state index < -0.39 is 5.91 Å². The fourth-order valence-corrected chi connectivity index (χ4v) is 4.36. The van der Waals surface area contributed by atoms with Gasteiger partial charge in [-0.3, -0.25) is 19.3 Å². The van der Waals surface area contributed by atoms with Crippen molar-refractivity contribution >= 4 is 34.9 Å². The maximum absolute atomic E-state index is 13.2. The van der Waals surface area contributed by atoms with Gasteiger partial charge in [0, 0.05) is 35.1 Å². The third-order valence-corrected chi connectivity index (χ3v) is 5.57. The van der Waals surface area contributed by atoms with E-state index in [1.54, 1.807) is 36.4 Å². The number of hydrogen-bond acceptors (Lipinski definition) is 3. The molecule has 5 nitrogen and oxygen atoms in total. The van der Waals surface area contributed by atoms with E-state index in [4.69, 9.17) is 17.3 Å². The van der Waals surface area contributed by atoms with Crippen LogP contribution in [0.1, 0.15) is 47.5 Å². The van der Waals surface area contributed by atoms with Gasteiger partial charge in [0.05, 0.1) is 11.3 Å². The number of ketones is 1. The minimum absolute atomic E-state index is 0.0419. The zero-order valence-corrected chi connectivity index (χ0v) is 15.9. The number of nitrogens with zero attached hydrogens (tertiary/aromatic N) is 1. The van der Waals surface area contributed by atoms with Gasteiger partial charge in [0.25, 0.3) is 5.91 Å². The highest BCUT2D eigenvalue weighted by molar-refractivity contribution is 6.30. The molecule has 4 rings (SSSR count). The van der Waals surface area contributed by atoms with E-state index in [-0.39, 0.29) is 29.6 Å². The Bertz CT molecular complexity index is 1030. The highest BCUT2D eigenvalue weighted by Crippen LogP contribution is 2.44. The molecule has 1 unspecified atom stereocenters. The normalized spacial score (nSPS) is 19.6. The first-order chi connectivity index (χ1) is 13.5. The van der Waals surface area contributed by atoms with E-state index in [1.807, 2.05) is 12.1 Å². The number of allylic oxidation sites excluding steroid dienone is 2. The number of hydrogen-bond donors (Lipinski definition) is 1. The van der Waals surface area contributed by atoms with Crippen LogP contribution in [0.2, 0.25) is 5.02 Å². The van der Waals surface area contributed by atoms with Gasteiger partial charge in [-0.2, -0.15) is 0 Å². The lowest BCUT2D eigenvalue weighted by Crippen LogP contribution is -2.41. The predicted molar refractivity (Wildman–Crippen MR) is 107 cm³/mol. The summed E-state index contributed by atoms with van der Waals surface area (Å²) in [6.07, 6.45) is 1.85. The monoisotopic (exact) mass is 394 g/mol. The second-order valence-corrected chi connectivity index (χ2v) is 7.50. The van der Waals surface area contributed by atoms with Gasteiger partial charge in [0.1, 0.15) is 0 Å². The minimum Gasteiger partial charge on any atom is -0.366 e. The number of halogens is 1. The quantitative estimate of drug-likeness (QED) is 0.855. The maximum Gasteiger partial charge on any atom is 0.250 e. The lowest BCUT2D eigenvalue weighted by atomic mass is 9.77. The van der Waals surface area contributed by atoms with Crippen LogP contribution in [0.4, 0.5) is 5.69 Å². The Balaban J connectivity index is 1.90. The molecule has 2 amide bonds. The fourth-order valence-electron chi connectivity index (χ4n) is 4.16. The van der Waals surface area contributed by atoms with Gasteiger partial charge in [-0.15, -0.1) is 0 Å². The number of anilines is 1. The van der Waals surface area contributed by atoms with E-state index in [9.17, 15) is 14.4 Å². The molecule has 0 radical (unpaired) electrons. The van der Waals surface area contributed by atoms with Crippen molar-refractivity contribution in [3.05, 3.63) is 76.0 Å². The molecule has 142 valence electrons. The van der Waals surface area contributed by atoms with Crippen molar-refractivity contribution in [2.45, 2.75) is 31.6 Å². The molecule has 1 aliphatic carbocycles. The van der Waals surface area contributed by atoms with E-state index in [0.717, 1.165) is 5.56 Å². The zero-order valence-electron chi connectivity index (χ0n) is 15.2. The van der Waals surface area contributed by atoms with Crippen molar-refractivity contribution in [3.8, 4) is 0 Å². The Labute approximate surface area is 167 Å². The van der Waals surface area contributed by atoms with Crippen LogP contribution in [-0.4, -0.2) is 17.6 Å². The number of carbonyl (C=O) groups excluding carboxylic acids is 3. The number of rotatable bonds is 3. The highest BCUT2D eigenvalue weighted by atomic mass is 35.5. The molecule has 0 bridgehead atoms. The van der Waals surface area contributed by atoms with Crippen LogP contribution < -0.4 is 10.6 Å². The smallest absolute Gasteiger partial charge is 0.250 e. The summed E-state index contributed by atoms with van der Waals surface area (Å²) >= 11 is 6.14. The molecule has 0 fully saturated rings. The molecule has 2 N–H and O–H groups in total. The molecular formula is C22H19ClN2O3. The maximum atomic E-state index is 13.2. The molecule has 0 aromatic heterocycles. The summed E-state index contributed by atoms with van der Waals surface area (Å²) in [5.41, 5.74) is 8.40. The number of Topliss-reactive ketones (excluding diaryl/α,β-unsaturated/α-hetero) is 1. The van der Waals surface area contributed by atoms with Crippen LogP contribution in [0, 0.1) is 0 Å². The molecule has 0 spiro atoms. The predicted octanol–water partition coefficient (Wildman–Crippen LogP) is 3.97. The molecule has 1 heterocycles. The van der Waals surface area contributed by atoms with Crippen LogP contribution in [0.3, 0.4) is 0 Å². The van der Waals surface area contributed by atoms with E-state index in [0.29, 0.717) is 41.2 Å². The Morgan fingerprint density at radius 2 is 1.86 bits per heavy atom. The zero-order chi connectivity index (χ0) is 19.8. The lowest BCUT2D eigenvalue weighted by molar-refractivity contribution is -0.119. The summed E-state index contributed by atoms with van der Waals surface area (Å²) in [5.74, 6) is -1.05. The molecule has 28 heavy (non-hydrogen) atoms. The largest absolute Gasteiger partial charge is 0.366 e. The van der Waals surface area contributed by atoms with Crippen LogP contribution in [0.25, 0.3) is 0 Å². The second-order valence-electron chi connectivity index (χ2n) is 7.06. The number of nitrogens with two attached hydrogens (primary N) is 1. The van der Waals surface area contributed by atoms with E-state index in [1.165, 1.54) is 4.90 Å². The first-order valence-corrected chi connectivity index (χ1v) is 9.58. The fraction of sp³-hybridized carbons (Fsp3) is 0.227. The Hall–Kier alpha value is -2.92. The molecule has 2 aliphatic rings. The first-order valence-electron chi connectivity index (χ1n) is 9.21. The van der Waals surface area contributed by atoms with Crippen LogP contribution in [0.5, 0.6) is 0 Å². The number of benzene rings is 2. The van der Waals surface area contributed by atoms with Gasteiger partial charge in [0.2, 0.25) is 5.91 Å². The summed E-state index contributed by atoms with van der Waals surface area (Å²) in [4.78, 5) is 39.5. The van der Waals surface area contributed by atoms with Crippen molar-refractivity contribution in [3.63, 3.8) is 0 Å². The molecule has 2 aromatic rings. The highest BCUT2D eigenvalue weighted by Gasteiger charge is 2.40. The third kappa shape index (κ3) is 3.12. The van der Waals surface area contributed by atoms with Crippen molar-refractivity contribution in [1.29, 1.82) is 0 Å². The molecule has 0 saturated carbocycles. The summed E-state index contributed by atoms with van der Waals surface area (Å²) in [7, 11) is 0. The van der Waals surface area contributed by atoms with Gasteiger partial charge in [-0.25, -0.2) is 0 Å². The molecule has 6 heteroatoms. The lowest BCUT2D eigenvalue weighted by Gasteiger charge is -2.38. The SMILES string of the molecule is NC(=O)c1ccccc1N1C(=O)CC(c2cccc(Cl)c2)C2=C1CCCC2=O. The van der Waals surface area contributed by atoms with Crippen molar-refractivity contribution in [2.24, 2.45) is 5.73 Å². The average molecular weight is 395 g/mol. The standard InChI is InChI=1S/C22H19ClN2O3/c23-14-6-3-5-13(11-14)16-12-20(27)25(18-9-4-10-19(26)21(16)18)17-8-2-1-7-15(17)22(24)28/h1-3,5-8,11,16H,4,9-10,12H2,(H2,24,28). The Morgan fingerprint density at radius 3 is 2.61 bits per heavy atom. The van der Waals surface area contributed by atoms with Crippen LogP contribution in [-0.2, 0) is 9.59 Å². The second kappa shape index (κ2) is 7.24. The van der Waals surface area contributed by atoms with Crippen LogP contribution in [0.15, 0.2) is 59.8 Å². The summed E-state index contributed by atoms with van der Waals surface area (Å²) < 4.78 is 0. The molecular weight excluding hydrogens is 376 g/mol. The number of primary amides is 1. The van der Waals surface area contributed by atoms with E-state index in [2.05, 4.69) is 0 Å². The Kier molecular flexibility index (Phi) is 4.77. The number of para-hydroxylation sites is 1. The van der Waals surface area contributed by atoms with Crippen LogP contribution >= 0.6 is 11.6 Å². The molecule has 0 saturated heterocycles. The summed E-state index contributed by atoms with van der Waals surface area (Å²) in [5, 5.41) is 0.567. The van der Waals surface area contributed by atoms with Crippen molar-refractivity contribution in [2.75, 3.05) is 4.90 Å². The molecule has 2 aromatic carbocycles.